The Morgan fingerprint density at radius 1 is 1.11 bits per heavy atom. The second kappa shape index (κ2) is 5.56. The van der Waals surface area contributed by atoms with E-state index in [1.165, 1.54) is 6.08 Å². The SMILES string of the molecule is CCOc1ccc(OCC)c(C2=CC(=O)NC2=O)c1. The number of carbonyl (C=O) groups excluding carboxylic acids is 2. The van der Waals surface area contributed by atoms with Crippen molar-refractivity contribution in [2.45, 2.75) is 13.8 Å². The number of rotatable bonds is 5. The number of carbonyl (C=O) groups is 2. The molecule has 1 heterocycles. The summed E-state index contributed by atoms with van der Waals surface area (Å²) in [5.74, 6) is 0.361. The third-order valence-electron chi connectivity index (χ3n) is 2.61. The maximum Gasteiger partial charge on any atom is 0.259 e. The Morgan fingerprint density at radius 3 is 2.42 bits per heavy atom. The molecule has 1 N–H and O–H groups in total. The number of nitrogens with one attached hydrogen (secondary N) is 1. The maximum absolute atomic E-state index is 11.7. The van der Waals surface area contributed by atoms with Gasteiger partial charge in [-0.05, 0) is 32.0 Å². The summed E-state index contributed by atoms with van der Waals surface area (Å²) in [6, 6.07) is 5.21. The molecule has 2 amide bonds. The van der Waals surface area contributed by atoms with Crippen LogP contribution in [0.25, 0.3) is 5.57 Å². The van der Waals surface area contributed by atoms with Gasteiger partial charge in [-0.15, -0.1) is 0 Å². The zero-order chi connectivity index (χ0) is 13.8. The lowest BCUT2D eigenvalue weighted by Crippen LogP contribution is -2.21. The van der Waals surface area contributed by atoms with Crippen LogP contribution in [0.2, 0.25) is 0 Å². The molecule has 0 spiro atoms. The lowest BCUT2D eigenvalue weighted by atomic mass is 10.0. The summed E-state index contributed by atoms with van der Waals surface area (Å²) in [6.45, 7) is 4.73. The number of amides is 2. The Hall–Kier alpha value is -2.30. The number of hydrogen-bond donors (Lipinski definition) is 1. The van der Waals surface area contributed by atoms with Crippen molar-refractivity contribution >= 4 is 17.4 Å². The van der Waals surface area contributed by atoms with Crippen molar-refractivity contribution in [1.82, 2.24) is 5.32 Å². The zero-order valence-corrected chi connectivity index (χ0v) is 10.9. The van der Waals surface area contributed by atoms with Gasteiger partial charge >= 0.3 is 0 Å². The highest BCUT2D eigenvalue weighted by molar-refractivity contribution is 6.34. The first-order valence-electron chi connectivity index (χ1n) is 6.12. The Bertz CT molecular complexity index is 548. The van der Waals surface area contributed by atoms with Crippen LogP contribution in [-0.4, -0.2) is 25.0 Å². The van der Waals surface area contributed by atoms with E-state index in [1.807, 2.05) is 13.8 Å². The van der Waals surface area contributed by atoms with Gasteiger partial charge in [-0.1, -0.05) is 0 Å². The van der Waals surface area contributed by atoms with Gasteiger partial charge in [0.15, 0.2) is 0 Å². The molecule has 0 saturated carbocycles. The lowest BCUT2D eigenvalue weighted by Gasteiger charge is -2.12. The number of hydrogen-bond acceptors (Lipinski definition) is 4. The normalized spacial score (nSPS) is 14.1. The minimum absolute atomic E-state index is 0.301. The molecule has 0 aliphatic carbocycles. The highest BCUT2D eigenvalue weighted by Gasteiger charge is 2.25. The molecular weight excluding hydrogens is 246 g/mol. The van der Waals surface area contributed by atoms with Crippen molar-refractivity contribution in [2.75, 3.05) is 13.2 Å². The summed E-state index contributed by atoms with van der Waals surface area (Å²) in [5.41, 5.74) is 0.867. The van der Waals surface area contributed by atoms with Crippen molar-refractivity contribution in [3.05, 3.63) is 29.8 Å². The van der Waals surface area contributed by atoms with Gasteiger partial charge in [0.1, 0.15) is 11.5 Å². The van der Waals surface area contributed by atoms with Gasteiger partial charge in [-0.25, -0.2) is 0 Å². The van der Waals surface area contributed by atoms with Crippen LogP contribution >= 0.6 is 0 Å². The fourth-order valence-electron chi connectivity index (χ4n) is 1.87. The van der Waals surface area contributed by atoms with Crippen molar-refractivity contribution in [2.24, 2.45) is 0 Å². The zero-order valence-electron chi connectivity index (χ0n) is 10.9. The summed E-state index contributed by atoms with van der Waals surface area (Å²) in [7, 11) is 0. The number of benzene rings is 1. The van der Waals surface area contributed by atoms with Gasteiger partial charge in [0.25, 0.3) is 11.8 Å². The first-order chi connectivity index (χ1) is 9.15. The second-order valence-electron chi connectivity index (χ2n) is 3.90. The average molecular weight is 261 g/mol. The summed E-state index contributed by atoms with van der Waals surface area (Å²) < 4.78 is 10.9. The molecule has 19 heavy (non-hydrogen) atoms. The summed E-state index contributed by atoms with van der Waals surface area (Å²) in [4.78, 5) is 23.0. The highest BCUT2D eigenvalue weighted by atomic mass is 16.5. The van der Waals surface area contributed by atoms with E-state index in [1.54, 1.807) is 18.2 Å². The molecule has 0 bridgehead atoms. The van der Waals surface area contributed by atoms with E-state index in [0.29, 0.717) is 35.8 Å². The van der Waals surface area contributed by atoms with Crippen molar-refractivity contribution in [3.63, 3.8) is 0 Å². The van der Waals surface area contributed by atoms with Gasteiger partial charge in [0.2, 0.25) is 0 Å². The van der Waals surface area contributed by atoms with Crippen LogP contribution in [0.4, 0.5) is 0 Å². The third-order valence-corrected chi connectivity index (χ3v) is 2.61. The monoisotopic (exact) mass is 261 g/mol. The fraction of sp³-hybridized carbons (Fsp3) is 0.286. The Balaban J connectivity index is 2.45. The molecular formula is C14H15NO4. The maximum atomic E-state index is 11.7. The van der Waals surface area contributed by atoms with Gasteiger partial charge in [0, 0.05) is 11.6 Å². The third kappa shape index (κ3) is 2.76. The summed E-state index contributed by atoms with van der Waals surface area (Å²) in [5, 5.41) is 2.22. The molecule has 0 saturated heterocycles. The molecule has 0 unspecified atom stereocenters. The lowest BCUT2D eigenvalue weighted by molar-refractivity contribution is -0.123. The van der Waals surface area contributed by atoms with E-state index in [0.717, 1.165) is 0 Å². The van der Waals surface area contributed by atoms with Gasteiger partial charge in [0.05, 0.1) is 18.8 Å². The molecule has 0 atom stereocenters. The smallest absolute Gasteiger partial charge is 0.259 e. The van der Waals surface area contributed by atoms with Crippen LogP contribution in [-0.2, 0) is 9.59 Å². The van der Waals surface area contributed by atoms with E-state index in [4.69, 9.17) is 9.47 Å². The molecule has 5 nitrogen and oxygen atoms in total. The van der Waals surface area contributed by atoms with E-state index < -0.39 is 11.8 Å². The van der Waals surface area contributed by atoms with Crippen LogP contribution in [0.15, 0.2) is 24.3 Å². The molecule has 1 aliphatic heterocycles. The summed E-state index contributed by atoms with van der Waals surface area (Å²) in [6.07, 6.45) is 1.27. The van der Waals surface area contributed by atoms with Gasteiger partial charge in [-0.3, -0.25) is 14.9 Å². The fourth-order valence-corrected chi connectivity index (χ4v) is 1.87. The minimum Gasteiger partial charge on any atom is -0.494 e. The highest BCUT2D eigenvalue weighted by Crippen LogP contribution is 2.31. The molecule has 5 heteroatoms. The van der Waals surface area contributed by atoms with Crippen molar-refractivity contribution < 1.29 is 19.1 Å². The Kier molecular flexibility index (Phi) is 3.85. The molecule has 1 aliphatic rings. The molecule has 1 aromatic rings. The first kappa shape index (κ1) is 13.1. The molecule has 0 aromatic heterocycles. The Morgan fingerprint density at radius 2 is 1.84 bits per heavy atom. The standard InChI is InChI=1S/C14H15NO4/c1-3-18-9-5-6-12(19-4-2)10(7-9)11-8-13(16)15-14(11)17/h5-8H,3-4H2,1-2H3,(H,15,16,17). The minimum atomic E-state index is -0.417. The topological polar surface area (TPSA) is 64.6 Å². The molecule has 1 aromatic carbocycles. The van der Waals surface area contributed by atoms with E-state index in [2.05, 4.69) is 5.32 Å². The van der Waals surface area contributed by atoms with Gasteiger partial charge in [-0.2, -0.15) is 0 Å². The van der Waals surface area contributed by atoms with E-state index in [-0.39, 0.29) is 0 Å². The largest absolute Gasteiger partial charge is 0.494 e. The van der Waals surface area contributed by atoms with Crippen LogP contribution in [0, 0.1) is 0 Å². The number of ether oxygens (including phenoxy) is 2. The second-order valence-corrected chi connectivity index (χ2v) is 3.90. The van der Waals surface area contributed by atoms with Gasteiger partial charge < -0.3 is 9.47 Å². The number of imide groups is 1. The van der Waals surface area contributed by atoms with Crippen LogP contribution in [0.3, 0.4) is 0 Å². The Labute approximate surface area is 111 Å². The van der Waals surface area contributed by atoms with E-state index >= 15 is 0 Å². The van der Waals surface area contributed by atoms with Crippen LogP contribution in [0.1, 0.15) is 19.4 Å². The molecule has 100 valence electrons. The molecule has 0 fully saturated rings. The molecule has 2 rings (SSSR count). The first-order valence-corrected chi connectivity index (χ1v) is 6.12. The predicted molar refractivity (Wildman–Crippen MR) is 69.9 cm³/mol. The molecule has 0 radical (unpaired) electrons. The van der Waals surface area contributed by atoms with Crippen molar-refractivity contribution in [3.8, 4) is 11.5 Å². The van der Waals surface area contributed by atoms with Crippen LogP contribution in [0.5, 0.6) is 11.5 Å². The quantitative estimate of drug-likeness (QED) is 0.816. The average Bonchev–Trinajstić information content (AvgIpc) is 2.71. The van der Waals surface area contributed by atoms with Crippen LogP contribution < -0.4 is 14.8 Å². The van der Waals surface area contributed by atoms with Crippen molar-refractivity contribution in [1.29, 1.82) is 0 Å². The summed E-state index contributed by atoms with van der Waals surface area (Å²) >= 11 is 0. The predicted octanol–water partition coefficient (Wildman–Crippen LogP) is 1.52. The van der Waals surface area contributed by atoms with E-state index in [9.17, 15) is 9.59 Å².